The van der Waals surface area contributed by atoms with Crippen molar-refractivity contribution in [2.45, 2.75) is 32.9 Å². The Morgan fingerprint density at radius 3 is 2.56 bits per heavy atom. The number of ether oxygens (including phenoxy) is 1. The largest absolute Gasteiger partial charge is 0.411 e. The van der Waals surface area contributed by atoms with E-state index in [9.17, 15) is 18.0 Å². The van der Waals surface area contributed by atoms with Crippen molar-refractivity contribution in [1.82, 2.24) is 5.32 Å². The average molecular weight is 241 g/mol. The Kier molecular flexibility index (Phi) is 7.12. The van der Waals surface area contributed by atoms with Gasteiger partial charge in [0.1, 0.15) is 6.61 Å². The minimum Gasteiger partial charge on any atom is -0.370 e. The zero-order valence-electron chi connectivity index (χ0n) is 9.56. The first-order valence-corrected chi connectivity index (χ1v) is 5.29. The number of nitrogens with one attached hydrogen (secondary N) is 1. The Hall–Kier alpha value is -0.780. The highest BCUT2D eigenvalue weighted by atomic mass is 19.4. The van der Waals surface area contributed by atoms with Gasteiger partial charge in [-0.2, -0.15) is 13.2 Å². The number of hydrogen-bond donors (Lipinski definition) is 1. The molecule has 1 amide bonds. The van der Waals surface area contributed by atoms with Crippen LogP contribution in [0, 0.1) is 5.92 Å². The van der Waals surface area contributed by atoms with E-state index in [0.717, 1.165) is 12.8 Å². The molecule has 96 valence electrons. The highest BCUT2D eigenvalue weighted by molar-refractivity contribution is 5.78. The molecule has 1 unspecified atom stereocenters. The van der Waals surface area contributed by atoms with Crippen LogP contribution in [-0.2, 0) is 9.53 Å². The number of rotatable bonds is 7. The number of carbonyl (C=O) groups is 1. The fraction of sp³-hybridized carbons (Fsp3) is 0.900. The summed E-state index contributed by atoms with van der Waals surface area (Å²) in [5, 5.41) is 2.52. The molecular weight excluding hydrogens is 223 g/mol. The second kappa shape index (κ2) is 7.49. The molecule has 0 heterocycles. The molecule has 0 aromatic rings. The van der Waals surface area contributed by atoms with Crippen molar-refractivity contribution < 1.29 is 22.7 Å². The fourth-order valence-electron chi connectivity index (χ4n) is 1.17. The first-order valence-electron chi connectivity index (χ1n) is 5.29. The monoisotopic (exact) mass is 241 g/mol. The molecule has 6 heteroatoms. The summed E-state index contributed by atoms with van der Waals surface area (Å²) >= 11 is 0. The van der Waals surface area contributed by atoms with E-state index in [1.54, 1.807) is 6.92 Å². The molecular formula is C10H18F3NO2. The third kappa shape index (κ3) is 8.52. The molecule has 0 aliphatic rings. The molecule has 0 aromatic carbocycles. The van der Waals surface area contributed by atoms with Crippen LogP contribution < -0.4 is 5.32 Å². The van der Waals surface area contributed by atoms with E-state index in [1.165, 1.54) is 0 Å². The lowest BCUT2D eigenvalue weighted by molar-refractivity contribution is -0.173. The third-order valence-electron chi connectivity index (χ3n) is 1.98. The summed E-state index contributed by atoms with van der Waals surface area (Å²) < 4.78 is 39.3. The summed E-state index contributed by atoms with van der Waals surface area (Å²) in [6.07, 6.45) is -2.63. The second-order valence-corrected chi connectivity index (χ2v) is 3.65. The molecule has 3 nitrogen and oxygen atoms in total. The molecule has 0 rings (SSSR count). The van der Waals surface area contributed by atoms with Gasteiger partial charge >= 0.3 is 6.18 Å². The van der Waals surface area contributed by atoms with Gasteiger partial charge in [0.25, 0.3) is 0 Å². The van der Waals surface area contributed by atoms with Crippen molar-refractivity contribution in [3.05, 3.63) is 0 Å². The van der Waals surface area contributed by atoms with Gasteiger partial charge in [-0.05, 0) is 6.42 Å². The van der Waals surface area contributed by atoms with E-state index in [1.807, 2.05) is 6.92 Å². The summed E-state index contributed by atoms with van der Waals surface area (Å²) in [6, 6.07) is 0. The molecule has 0 aliphatic carbocycles. The van der Waals surface area contributed by atoms with Gasteiger partial charge < -0.3 is 10.1 Å². The van der Waals surface area contributed by atoms with Crippen LogP contribution in [0.5, 0.6) is 0 Å². The van der Waals surface area contributed by atoms with Crippen molar-refractivity contribution in [3.8, 4) is 0 Å². The quantitative estimate of drug-likeness (QED) is 0.693. The van der Waals surface area contributed by atoms with Crippen LogP contribution in [0.4, 0.5) is 13.2 Å². The highest BCUT2D eigenvalue weighted by Gasteiger charge is 2.27. The smallest absolute Gasteiger partial charge is 0.370 e. The normalized spacial score (nSPS) is 13.6. The van der Waals surface area contributed by atoms with Crippen LogP contribution in [0.3, 0.4) is 0 Å². The zero-order valence-corrected chi connectivity index (χ0v) is 9.56. The van der Waals surface area contributed by atoms with Crippen LogP contribution >= 0.6 is 0 Å². The van der Waals surface area contributed by atoms with E-state index >= 15 is 0 Å². The Morgan fingerprint density at radius 1 is 1.44 bits per heavy atom. The summed E-state index contributed by atoms with van der Waals surface area (Å²) in [5.74, 6) is -0.245. The maximum absolute atomic E-state index is 11.7. The fourth-order valence-corrected chi connectivity index (χ4v) is 1.17. The number of carbonyl (C=O) groups excluding carboxylic acids is 1. The molecule has 0 spiro atoms. The molecule has 0 radical (unpaired) electrons. The van der Waals surface area contributed by atoms with Crippen LogP contribution in [0.1, 0.15) is 26.7 Å². The molecule has 1 atom stereocenters. The standard InChI is InChI=1S/C10H18F3NO2/c1-3-4-8(2)9(15)14-5-6-16-7-10(11,12)13/h8H,3-7H2,1-2H3,(H,14,15). The van der Waals surface area contributed by atoms with Gasteiger partial charge in [0.15, 0.2) is 0 Å². The Bertz CT molecular complexity index is 207. The Labute approximate surface area is 93.3 Å². The molecule has 16 heavy (non-hydrogen) atoms. The minimum atomic E-state index is -4.31. The van der Waals surface area contributed by atoms with E-state index < -0.39 is 12.8 Å². The van der Waals surface area contributed by atoms with Crippen molar-refractivity contribution >= 4 is 5.91 Å². The van der Waals surface area contributed by atoms with Crippen LogP contribution in [0.15, 0.2) is 0 Å². The van der Waals surface area contributed by atoms with Gasteiger partial charge in [-0.15, -0.1) is 0 Å². The third-order valence-corrected chi connectivity index (χ3v) is 1.98. The first-order chi connectivity index (χ1) is 7.37. The molecule has 0 aromatic heterocycles. The average Bonchev–Trinajstić information content (AvgIpc) is 2.15. The molecule has 0 bridgehead atoms. The summed E-state index contributed by atoms with van der Waals surface area (Å²) in [5.41, 5.74) is 0. The topological polar surface area (TPSA) is 38.3 Å². The maximum Gasteiger partial charge on any atom is 0.411 e. The summed E-state index contributed by atoms with van der Waals surface area (Å²) in [4.78, 5) is 11.3. The van der Waals surface area contributed by atoms with Gasteiger partial charge in [0, 0.05) is 12.5 Å². The van der Waals surface area contributed by atoms with Gasteiger partial charge in [0.2, 0.25) is 5.91 Å². The Morgan fingerprint density at radius 2 is 2.06 bits per heavy atom. The summed E-state index contributed by atoms with van der Waals surface area (Å²) in [7, 11) is 0. The lowest BCUT2D eigenvalue weighted by atomic mass is 10.1. The zero-order chi connectivity index (χ0) is 12.6. The van der Waals surface area contributed by atoms with Gasteiger partial charge in [-0.1, -0.05) is 20.3 Å². The molecule has 0 saturated heterocycles. The number of hydrogen-bond acceptors (Lipinski definition) is 2. The van der Waals surface area contributed by atoms with Crippen molar-refractivity contribution in [1.29, 1.82) is 0 Å². The highest BCUT2D eigenvalue weighted by Crippen LogP contribution is 2.13. The van der Waals surface area contributed by atoms with Crippen LogP contribution in [0.2, 0.25) is 0 Å². The van der Waals surface area contributed by atoms with E-state index in [4.69, 9.17) is 0 Å². The first kappa shape index (κ1) is 15.2. The lowest BCUT2D eigenvalue weighted by Gasteiger charge is -2.11. The van der Waals surface area contributed by atoms with Crippen LogP contribution in [-0.4, -0.2) is 31.8 Å². The maximum atomic E-state index is 11.7. The predicted octanol–water partition coefficient (Wildman–Crippen LogP) is 2.12. The lowest BCUT2D eigenvalue weighted by Crippen LogP contribution is -2.32. The van der Waals surface area contributed by atoms with Gasteiger partial charge in [0.05, 0.1) is 6.61 Å². The number of halogens is 3. The second-order valence-electron chi connectivity index (χ2n) is 3.65. The van der Waals surface area contributed by atoms with Crippen molar-refractivity contribution in [3.63, 3.8) is 0 Å². The molecule has 1 N–H and O–H groups in total. The van der Waals surface area contributed by atoms with Crippen molar-refractivity contribution in [2.75, 3.05) is 19.8 Å². The SMILES string of the molecule is CCCC(C)C(=O)NCCOCC(F)(F)F. The molecule has 0 fully saturated rings. The molecule has 0 aliphatic heterocycles. The summed E-state index contributed by atoms with van der Waals surface area (Å²) in [6.45, 7) is 2.48. The predicted molar refractivity (Wildman–Crippen MR) is 54.0 cm³/mol. The van der Waals surface area contributed by atoms with E-state index in [2.05, 4.69) is 10.1 Å². The van der Waals surface area contributed by atoms with Gasteiger partial charge in [-0.3, -0.25) is 4.79 Å². The number of alkyl halides is 3. The number of amides is 1. The van der Waals surface area contributed by atoms with Gasteiger partial charge in [-0.25, -0.2) is 0 Å². The molecule has 0 saturated carbocycles. The van der Waals surface area contributed by atoms with Crippen molar-refractivity contribution in [2.24, 2.45) is 5.92 Å². The van der Waals surface area contributed by atoms with E-state index in [0.29, 0.717) is 0 Å². The minimum absolute atomic E-state index is 0.104. The Balaban J connectivity index is 3.48. The van der Waals surface area contributed by atoms with Crippen LogP contribution in [0.25, 0.3) is 0 Å². The van der Waals surface area contributed by atoms with E-state index in [-0.39, 0.29) is 25.0 Å².